The first-order valence-electron chi connectivity index (χ1n) is 2.13. The predicted octanol–water partition coefficient (Wildman–Crippen LogP) is 1.96. The number of rotatable bonds is 4. The Balaban J connectivity index is 2.56. The Morgan fingerprint density at radius 1 is 1.86 bits per heavy atom. The van der Waals surface area contributed by atoms with Crippen molar-refractivity contribution < 1.29 is 0 Å². The first-order chi connectivity index (χ1) is 3.41. The Bertz CT molecular complexity index is 50.2. The van der Waals surface area contributed by atoms with E-state index in [1.165, 1.54) is 6.42 Å². The first-order valence-corrected chi connectivity index (χ1v) is 5.46. The Labute approximate surface area is 55.0 Å². The molecule has 0 aromatic rings. The van der Waals surface area contributed by atoms with Gasteiger partial charge in [-0.1, -0.05) is 6.92 Å². The third-order valence-corrected chi connectivity index (χ3v) is 2.14. The summed E-state index contributed by atoms with van der Waals surface area (Å²) in [5.41, 5.74) is 0. The van der Waals surface area contributed by atoms with Crippen molar-refractivity contribution in [3.05, 3.63) is 0 Å². The number of hydrogen-bond donors (Lipinski definition) is 1. The van der Waals surface area contributed by atoms with E-state index >= 15 is 0 Å². The van der Waals surface area contributed by atoms with Crippen molar-refractivity contribution in [3.8, 4) is 0 Å². The molecule has 0 aromatic heterocycles. The molecule has 4 heteroatoms. The van der Waals surface area contributed by atoms with E-state index in [1.54, 1.807) is 11.6 Å². The topological polar surface area (TPSA) is 12.0 Å². The molecule has 7 heavy (non-hydrogen) atoms. The predicted molar refractivity (Wildman–Crippen MR) is 40.2 cm³/mol. The van der Waals surface area contributed by atoms with E-state index in [9.17, 15) is 0 Å². The Morgan fingerprint density at radius 2 is 2.57 bits per heavy atom. The molecule has 0 bridgehead atoms. The molecular weight excluding hydrogens is 145 g/mol. The molecule has 0 aliphatic rings. The van der Waals surface area contributed by atoms with Gasteiger partial charge in [0.05, 0.1) is 6.56 Å². The van der Waals surface area contributed by atoms with E-state index in [0.717, 1.165) is 13.1 Å². The van der Waals surface area contributed by atoms with E-state index in [0.29, 0.717) is 0 Å². The second-order valence-electron chi connectivity index (χ2n) is 1.06. The quantitative estimate of drug-likeness (QED) is 0.376. The molecule has 0 atom stereocenters. The van der Waals surface area contributed by atoms with Gasteiger partial charge in [0.25, 0.3) is 0 Å². The summed E-state index contributed by atoms with van der Waals surface area (Å²) in [6.45, 7) is 4.14. The molecule has 0 heterocycles. The normalized spacial score (nSPS) is 9.86. The number of nitrogens with one attached hydrogen (secondary N) is 1. The molecule has 0 fully saturated rings. The monoisotopic (exact) mass is 153 g/mol. The molecule has 1 N–H and O–H groups in total. The van der Waals surface area contributed by atoms with Crippen LogP contribution in [0.15, 0.2) is 0 Å². The summed E-state index contributed by atoms with van der Waals surface area (Å²) >= 11 is 6.21. The van der Waals surface area contributed by atoms with Crippen LogP contribution in [0.5, 0.6) is 0 Å². The van der Waals surface area contributed by atoms with Gasteiger partial charge in [0.2, 0.25) is 0 Å². The van der Waals surface area contributed by atoms with Gasteiger partial charge in [-0.25, -0.2) is 0 Å². The van der Waals surface area contributed by atoms with Crippen molar-refractivity contribution in [3.63, 3.8) is 0 Å². The lowest BCUT2D eigenvalue weighted by atomic mass is 10.5. The lowest BCUT2D eigenvalue weighted by Gasteiger charge is -1.90. The maximum absolute atomic E-state index is 4.64. The van der Waals surface area contributed by atoms with Gasteiger partial charge in [-0.2, -0.15) is 0 Å². The summed E-state index contributed by atoms with van der Waals surface area (Å²) in [6.07, 6.45) is 1.18. The van der Waals surface area contributed by atoms with Crippen molar-refractivity contribution in [2.45, 2.75) is 13.3 Å². The zero-order valence-electron chi connectivity index (χ0n) is 4.18. The van der Waals surface area contributed by atoms with Crippen LogP contribution >= 0.6 is 18.1 Å². The smallest absolute Gasteiger partial charge is 0.0598 e. The average molecular weight is 153 g/mol. The minimum atomic E-state index is 0.943. The van der Waals surface area contributed by atoms with E-state index < -0.39 is 0 Å². The molecule has 0 amide bonds. The first kappa shape index (κ1) is 7.83. The highest BCUT2D eigenvalue weighted by atomic mass is 32.9. The standard InChI is InChI=1S/C3H8NPS2/c1-2-3-4-7-5-6/h4H,2-3H2,1H3. The lowest BCUT2D eigenvalue weighted by molar-refractivity contribution is 0.882. The van der Waals surface area contributed by atoms with Gasteiger partial charge >= 0.3 is 0 Å². The molecule has 42 valence electrons. The maximum Gasteiger partial charge on any atom is 0.0598 e. The van der Waals surface area contributed by atoms with Gasteiger partial charge in [-0.05, 0) is 29.8 Å². The van der Waals surface area contributed by atoms with Gasteiger partial charge < -0.3 is 0 Å². The second-order valence-corrected chi connectivity index (χ2v) is 4.02. The molecule has 0 saturated carbocycles. The van der Waals surface area contributed by atoms with Gasteiger partial charge in [0.1, 0.15) is 0 Å². The molecule has 0 spiro atoms. The maximum atomic E-state index is 4.64. The van der Waals surface area contributed by atoms with Crippen LogP contribution < -0.4 is 4.72 Å². The van der Waals surface area contributed by atoms with Crippen molar-refractivity contribution in [1.82, 2.24) is 4.72 Å². The highest BCUT2D eigenvalue weighted by Crippen LogP contribution is 2.10. The second kappa shape index (κ2) is 6.83. The zero-order chi connectivity index (χ0) is 5.54. The lowest BCUT2D eigenvalue weighted by Crippen LogP contribution is -1.99. The van der Waals surface area contributed by atoms with Crippen LogP contribution in [0.2, 0.25) is 0 Å². The van der Waals surface area contributed by atoms with E-state index in [2.05, 4.69) is 23.5 Å². The van der Waals surface area contributed by atoms with E-state index in [-0.39, 0.29) is 0 Å². The SMILES string of the molecule is CCCNSP=S. The van der Waals surface area contributed by atoms with Gasteiger partial charge in [-0.15, -0.1) is 0 Å². The Hall–Kier alpha value is 0.830. The minimum absolute atomic E-state index is 0.943. The minimum Gasteiger partial charge on any atom is -0.256 e. The summed E-state index contributed by atoms with van der Waals surface area (Å²) < 4.78 is 3.08. The molecule has 0 radical (unpaired) electrons. The molecule has 0 aliphatic carbocycles. The van der Waals surface area contributed by atoms with Crippen molar-refractivity contribution in [1.29, 1.82) is 0 Å². The van der Waals surface area contributed by atoms with Crippen LogP contribution in [-0.2, 0) is 11.8 Å². The fraction of sp³-hybridized carbons (Fsp3) is 1.00. The summed E-state index contributed by atoms with van der Waals surface area (Å²) in [5.74, 6) is 0. The molecule has 0 aromatic carbocycles. The van der Waals surface area contributed by atoms with Crippen LogP contribution in [0.1, 0.15) is 13.3 Å². The fourth-order valence-electron chi connectivity index (χ4n) is 0.174. The summed E-state index contributed by atoms with van der Waals surface area (Å²) in [6, 6.07) is 0. The largest absolute Gasteiger partial charge is 0.256 e. The third kappa shape index (κ3) is 6.83. The summed E-state index contributed by atoms with van der Waals surface area (Å²) in [4.78, 5) is 0. The van der Waals surface area contributed by atoms with Crippen LogP contribution in [0.3, 0.4) is 0 Å². The molecule has 0 saturated heterocycles. The molecular formula is C3H8NPS2. The van der Waals surface area contributed by atoms with Crippen molar-refractivity contribution in [2.24, 2.45) is 0 Å². The van der Waals surface area contributed by atoms with Crippen LogP contribution in [0, 0.1) is 0 Å². The molecule has 0 rings (SSSR count). The van der Waals surface area contributed by atoms with Crippen LogP contribution in [-0.4, -0.2) is 6.54 Å². The van der Waals surface area contributed by atoms with Gasteiger partial charge in [0.15, 0.2) is 0 Å². The highest BCUT2D eigenvalue weighted by Gasteiger charge is 1.76. The van der Waals surface area contributed by atoms with Gasteiger partial charge in [-0.3, -0.25) is 4.72 Å². The molecule has 0 unspecified atom stereocenters. The molecule has 1 nitrogen and oxygen atoms in total. The van der Waals surface area contributed by atoms with Gasteiger partial charge in [0, 0.05) is 6.54 Å². The fourth-order valence-corrected chi connectivity index (χ4v) is 1.43. The summed E-state index contributed by atoms with van der Waals surface area (Å²) in [7, 11) is 0. The average Bonchev–Trinajstić information content (AvgIpc) is 1.69. The molecule has 0 aliphatic heterocycles. The van der Waals surface area contributed by atoms with Crippen molar-refractivity contribution in [2.75, 3.05) is 6.54 Å². The Kier molecular flexibility index (Phi) is 7.64. The summed E-state index contributed by atoms with van der Waals surface area (Å²) in [5, 5.41) is 0. The number of hydrogen-bond acceptors (Lipinski definition) is 3. The van der Waals surface area contributed by atoms with E-state index in [1.807, 2.05) is 0 Å². The Morgan fingerprint density at radius 3 is 3.00 bits per heavy atom. The van der Waals surface area contributed by atoms with E-state index in [4.69, 9.17) is 0 Å². The highest BCUT2D eigenvalue weighted by molar-refractivity contribution is 8.57. The van der Waals surface area contributed by atoms with Crippen molar-refractivity contribution >= 4 is 29.9 Å². The van der Waals surface area contributed by atoms with Crippen LogP contribution in [0.25, 0.3) is 0 Å². The zero-order valence-corrected chi connectivity index (χ0v) is 6.71. The third-order valence-electron chi connectivity index (χ3n) is 0.454. The van der Waals surface area contributed by atoms with Crippen LogP contribution in [0.4, 0.5) is 0 Å².